The van der Waals surface area contributed by atoms with Gasteiger partial charge in [0.25, 0.3) is 0 Å². The van der Waals surface area contributed by atoms with E-state index in [1.165, 1.54) is 18.7 Å². The van der Waals surface area contributed by atoms with Gasteiger partial charge in [0.1, 0.15) is 42.3 Å². The number of aliphatic hydroxyl groups excluding tert-OH is 2. The predicted molar refractivity (Wildman–Crippen MR) is 186 cm³/mol. The second kappa shape index (κ2) is 22.1. The summed E-state index contributed by atoms with van der Waals surface area (Å²) in [5, 5.41) is 50.2. The Balaban J connectivity index is 3.07. The number of hydrogen-bond acceptors (Lipinski definition) is 12. The summed E-state index contributed by atoms with van der Waals surface area (Å²) in [6.45, 7) is 5.46. The number of nitrogens with zero attached hydrogens (tertiary/aromatic N) is 2. The van der Waals surface area contributed by atoms with E-state index >= 15 is 0 Å². The molecule has 0 radical (unpaired) electrons. The molecule has 300 valence electrons. The highest BCUT2D eigenvalue weighted by Gasteiger charge is 2.38. The fourth-order valence-electron chi connectivity index (χ4n) is 5.31. The number of hydrogen-bond donors (Lipinski definition) is 12. The van der Waals surface area contributed by atoms with Gasteiger partial charge in [0, 0.05) is 13.1 Å². The van der Waals surface area contributed by atoms with E-state index in [0.717, 1.165) is 0 Å². The Kier molecular flexibility index (Phi) is 19.1. The number of aliphatic imine (C=N–C) groups is 1. The molecular weight excluding hydrogens is 704 g/mol. The number of carbonyl (C=O) groups excluding carboxylic acids is 6. The first kappa shape index (κ1) is 45.9. The largest absolute Gasteiger partial charge is 0.481 e. The summed E-state index contributed by atoms with van der Waals surface area (Å²) in [4.78, 5) is 107. The van der Waals surface area contributed by atoms with Gasteiger partial charge in [-0.3, -0.25) is 38.6 Å². The highest BCUT2D eigenvalue weighted by molar-refractivity contribution is 5.98. The van der Waals surface area contributed by atoms with Gasteiger partial charge in [-0.25, -0.2) is 4.79 Å². The van der Waals surface area contributed by atoms with Gasteiger partial charge in [-0.15, -0.1) is 0 Å². The third-order valence-corrected chi connectivity index (χ3v) is 8.08. The summed E-state index contributed by atoms with van der Waals surface area (Å²) in [5.74, 6) is -8.83. The molecule has 22 heteroatoms. The number of nitrogens with one attached hydrogen (secondary N) is 5. The van der Waals surface area contributed by atoms with Crippen molar-refractivity contribution in [1.29, 1.82) is 0 Å². The van der Waals surface area contributed by atoms with E-state index in [4.69, 9.17) is 17.2 Å². The molecule has 1 aliphatic rings. The quantitative estimate of drug-likeness (QED) is 0.0279. The summed E-state index contributed by atoms with van der Waals surface area (Å²) < 4.78 is 0. The molecule has 0 aliphatic carbocycles. The average Bonchev–Trinajstić information content (AvgIpc) is 3.56. The molecule has 0 bridgehead atoms. The molecule has 1 fully saturated rings. The van der Waals surface area contributed by atoms with Crippen LogP contribution in [0.1, 0.15) is 66.2 Å². The topological polar surface area (TPSA) is 371 Å². The van der Waals surface area contributed by atoms with Crippen LogP contribution in [0.5, 0.6) is 0 Å². The lowest BCUT2D eigenvalue weighted by Gasteiger charge is -2.28. The van der Waals surface area contributed by atoms with Gasteiger partial charge in [-0.2, -0.15) is 0 Å². The van der Waals surface area contributed by atoms with Crippen LogP contribution in [-0.2, 0) is 38.4 Å². The molecule has 0 spiro atoms. The van der Waals surface area contributed by atoms with Crippen LogP contribution in [-0.4, -0.2) is 147 Å². The fraction of sp³-hybridized carbons (Fsp3) is 0.710. The summed E-state index contributed by atoms with van der Waals surface area (Å²) in [6.07, 6.45) is -1.73. The second-order valence-corrected chi connectivity index (χ2v) is 13.1. The van der Waals surface area contributed by atoms with Crippen LogP contribution < -0.4 is 43.8 Å². The lowest BCUT2D eigenvalue weighted by molar-refractivity contribution is -0.143. The van der Waals surface area contributed by atoms with Crippen molar-refractivity contribution in [1.82, 2.24) is 31.5 Å². The van der Waals surface area contributed by atoms with E-state index in [0.29, 0.717) is 6.42 Å². The van der Waals surface area contributed by atoms with Crippen LogP contribution in [0.15, 0.2) is 4.99 Å². The van der Waals surface area contributed by atoms with Crippen LogP contribution in [0.25, 0.3) is 0 Å². The Morgan fingerprint density at radius 2 is 1.42 bits per heavy atom. The first-order chi connectivity index (χ1) is 24.7. The van der Waals surface area contributed by atoms with Gasteiger partial charge in [-0.05, 0) is 51.9 Å². The van der Waals surface area contributed by atoms with Crippen LogP contribution in [0.2, 0.25) is 0 Å². The molecule has 1 aliphatic heterocycles. The van der Waals surface area contributed by atoms with Crippen molar-refractivity contribution < 1.29 is 58.8 Å². The predicted octanol–water partition coefficient (Wildman–Crippen LogP) is -5.22. The van der Waals surface area contributed by atoms with E-state index in [2.05, 4.69) is 31.6 Å². The second-order valence-electron chi connectivity index (χ2n) is 13.1. The minimum atomic E-state index is -1.75. The molecule has 0 aromatic carbocycles. The Hall–Kier alpha value is -5.09. The Morgan fingerprint density at radius 1 is 0.830 bits per heavy atom. The third kappa shape index (κ3) is 15.6. The number of guanidine groups is 1. The molecule has 15 N–H and O–H groups in total. The number of aliphatic carboxylic acids is 2. The van der Waals surface area contributed by atoms with Crippen LogP contribution in [0.3, 0.4) is 0 Å². The molecule has 1 heterocycles. The molecule has 0 aromatic rings. The fourth-order valence-corrected chi connectivity index (χ4v) is 5.31. The maximum atomic E-state index is 13.4. The Bertz CT molecular complexity index is 1360. The summed E-state index contributed by atoms with van der Waals surface area (Å²) in [7, 11) is 0. The number of carboxylic acid groups (broad SMARTS) is 2. The SMILES string of the molecule is CC(C)C[C@H](NC(=O)[C@H](CC(=O)O)NC(=O)[C@H](C)NC(=O)[C@@H]1CCCN1C(=O)[C@@H](N)CO)C(=O)N[C@H](C(=O)N[C@@H](CCCN=C(N)N)C(=O)O)[C@@H](C)O. The van der Waals surface area contributed by atoms with Crippen LogP contribution >= 0.6 is 0 Å². The van der Waals surface area contributed by atoms with Crippen LogP contribution in [0, 0.1) is 5.92 Å². The number of amides is 6. The normalized spacial score (nSPS) is 17.9. The van der Waals surface area contributed by atoms with Crippen molar-refractivity contribution in [2.24, 2.45) is 28.1 Å². The number of carbonyl (C=O) groups is 8. The smallest absolute Gasteiger partial charge is 0.326 e. The maximum Gasteiger partial charge on any atom is 0.326 e. The van der Waals surface area contributed by atoms with Crippen molar-refractivity contribution in [3.63, 3.8) is 0 Å². The molecule has 1 rings (SSSR count). The number of rotatable bonds is 22. The first-order valence-corrected chi connectivity index (χ1v) is 17.1. The Labute approximate surface area is 306 Å². The zero-order valence-electron chi connectivity index (χ0n) is 30.2. The van der Waals surface area contributed by atoms with Gasteiger partial charge in [0.05, 0.1) is 19.1 Å². The molecule has 22 nitrogen and oxygen atoms in total. The summed E-state index contributed by atoms with van der Waals surface area (Å²) in [5.41, 5.74) is 16.1. The molecule has 0 saturated carbocycles. The molecule has 0 aromatic heterocycles. The van der Waals surface area contributed by atoms with Gasteiger partial charge >= 0.3 is 11.9 Å². The molecule has 8 atom stereocenters. The van der Waals surface area contributed by atoms with Gasteiger partial charge in [0.2, 0.25) is 35.4 Å². The van der Waals surface area contributed by atoms with Crippen LogP contribution in [0.4, 0.5) is 0 Å². The highest BCUT2D eigenvalue weighted by atomic mass is 16.4. The number of carboxylic acids is 2. The van der Waals surface area contributed by atoms with Crippen molar-refractivity contribution in [3.05, 3.63) is 0 Å². The highest BCUT2D eigenvalue weighted by Crippen LogP contribution is 2.18. The molecule has 0 unspecified atom stereocenters. The third-order valence-electron chi connectivity index (χ3n) is 8.08. The van der Waals surface area contributed by atoms with E-state index in [-0.39, 0.29) is 50.7 Å². The van der Waals surface area contributed by atoms with Crippen molar-refractivity contribution in [3.8, 4) is 0 Å². The molecule has 1 saturated heterocycles. The number of nitrogens with two attached hydrogens (primary N) is 3. The first-order valence-electron chi connectivity index (χ1n) is 17.1. The summed E-state index contributed by atoms with van der Waals surface area (Å²) in [6, 6.07) is -9.83. The van der Waals surface area contributed by atoms with E-state index < -0.39 is 109 Å². The minimum absolute atomic E-state index is 0.0506. The number of aliphatic hydroxyl groups is 2. The zero-order chi connectivity index (χ0) is 40.6. The number of likely N-dealkylation sites (tertiary alicyclic amines) is 1. The van der Waals surface area contributed by atoms with E-state index in [1.54, 1.807) is 13.8 Å². The van der Waals surface area contributed by atoms with Gasteiger partial charge in [-0.1, -0.05) is 13.8 Å². The lowest BCUT2D eigenvalue weighted by Crippen LogP contribution is -2.61. The molecular formula is C31H54N10O12. The molecule has 6 amide bonds. The maximum absolute atomic E-state index is 13.4. The standard InChI is InChI=1S/C31H54N10O12/c1-14(2)11-19(26(48)40-23(16(4)43)28(50)37-18(30(52)53)7-5-9-35-31(33)34)39-25(47)20(12-22(44)45)38-24(46)15(3)36-27(49)21-8-6-10-41(21)29(51)17(32)13-42/h14-21,23,42-43H,5-13,32H2,1-4H3,(H,36,49)(H,37,50)(H,38,46)(H,39,47)(H,40,48)(H,44,45)(H,52,53)(H4,33,34,35)/t15-,16+,17-,18-,19-,20-,21-,23-/m0/s1. The average molecular weight is 759 g/mol. The summed E-state index contributed by atoms with van der Waals surface area (Å²) >= 11 is 0. The van der Waals surface area contributed by atoms with Crippen molar-refractivity contribution in [2.75, 3.05) is 19.7 Å². The minimum Gasteiger partial charge on any atom is -0.481 e. The van der Waals surface area contributed by atoms with E-state index in [1.807, 2.05) is 0 Å². The van der Waals surface area contributed by atoms with Crippen molar-refractivity contribution >= 4 is 53.3 Å². The molecule has 53 heavy (non-hydrogen) atoms. The van der Waals surface area contributed by atoms with Crippen molar-refractivity contribution in [2.45, 2.75) is 115 Å². The van der Waals surface area contributed by atoms with Gasteiger partial charge in [0.15, 0.2) is 5.96 Å². The zero-order valence-corrected chi connectivity index (χ0v) is 30.2. The Morgan fingerprint density at radius 3 is 1.94 bits per heavy atom. The lowest BCUT2D eigenvalue weighted by atomic mass is 10.0. The van der Waals surface area contributed by atoms with E-state index in [9.17, 15) is 58.8 Å². The van der Waals surface area contributed by atoms with Gasteiger partial charge < -0.3 is 69.1 Å². The monoisotopic (exact) mass is 758 g/mol.